The van der Waals surface area contributed by atoms with E-state index in [0.717, 1.165) is 12.0 Å². The fourth-order valence-corrected chi connectivity index (χ4v) is 3.46. The smallest absolute Gasteiger partial charge is 0.0250 e. The minimum atomic E-state index is 0.395. The van der Waals surface area contributed by atoms with E-state index in [1.807, 2.05) is 0 Å². The minimum absolute atomic E-state index is 0.395. The molecule has 0 aromatic carbocycles. The van der Waals surface area contributed by atoms with Crippen molar-refractivity contribution in [2.45, 2.75) is 90.8 Å². The molecule has 0 aromatic heterocycles. The third-order valence-electron chi connectivity index (χ3n) is 4.45. The molecule has 0 bridgehead atoms. The van der Waals surface area contributed by atoms with Crippen molar-refractivity contribution in [1.82, 2.24) is 4.90 Å². The van der Waals surface area contributed by atoms with Gasteiger partial charge in [-0.3, -0.25) is 4.90 Å². The van der Waals surface area contributed by atoms with Crippen LogP contribution in [0.4, 0.5) is 0 Å². The van der Waals surface area contributed by atoms with Crippen LogP contribution in [0.5, 0.6) is 0 Å². The lowest BCUT2D eigenvalue weighted by molar-refractivity contribution is 0.0879. The zero-order chi connectivity index (χ0) is 13.5. The Labute approximate surface area is 114 Å². The second-order valence-electron chi connectivity index (χ2n) is 6.43. The second-order valence-corrected chi connectivity index (χ2v) is 6.43. The van der Waals surface area contributed by atoms with Crippen LogP contribution in [0.15, 0.2) is 0 Å². The third kappa shape index (κ3) is 4.55. The van der Waals surface area contributed by atoms with Gasteiger partial charge in [0.2, 0.25) is 0 Å². The first-order valence-corrected chi connectivity index (χ1v) is 8.11. The van der Waals surface area contributed by atoms with Crippen LogP contribution in [0.25, 0.3) is 0 Å². The molecule has 2 nitrogen and oxygen atoms in total. The maximum Gasteiger partial charge on any atom is 0.0250 e. The molecule has 1 rings (SSSR count). The van der Waals surface area contributed by atoms with E-state index < -0.39 is 0 Å². The Hall–Kier alpha value is -0.0800. The molecule has 1 saturated carbocycles. The number of rotatable bonds is 6. The van der Waals surface area contributed by atoms with Crippen LogP contribution in [-0.2, 0) is 0 Å². The lowest BCUT2D eigenvalue weighted by Crippen LogP contribution is -2.52. The Kier molecular flexibility index (Phi) is 7.25. The molecule has 0 amide bonds. The molecule has 0 saturated heterocycles. The van der Waals surface area contributed by atoms with Gasteiger partial charge >= 0.3 is 0 Å². The Bertz CT molecular complexity index is 211. The molecule has 0 aromatic rings. The molecule has 2 heteroatoms. The van der Waals surface area contributed by atoms with Crippen LogP contribution in [0.3, 0.4) is 0 Å². The van der Waals surface area contributed by atoms with E-state index in [1.54, 1.807) is 0 Å². The molecule has 2 N–H and O–H groups in total. The van der Waals surface area contributed by atoms with E-state index in [2.05, 4.69) is 32.6 Å². The Morgan fingerprint density at radius 1 is 1.06 bits per heavy atom. The summed E-state index contributed by atoms with van der Waals surface area (Å²) in [4.78, 5) is 2.75. The van der Waals surface area contributed by atoms with Gasteiger partial charge in [0, 0.05) is 24.7 Å². The molecule has 1 fully saturated rings. The van der Waals surface area contributed by atoms with Gasteiger partial charge in [-0.05, 0) is 31.6 Å². The highest BCUT2D eigenvalue weighted by molar-refractivity contribution is 4.88. The highest BCUT2D eigenvalue weighted by atomic mass is 15.2. The molecule has 2 unspecified atom stereocenters. The Morgan fingerprint density at radius 2 is 1.67 bits per heavy atom. The van der Waals surface area contributed by atoms with E-state index in [9.17, 15) is 0 Å². The lowest BCUT2D eigenvalue weighted by Gasteiger charge is -2.41. The van der Waals surface area contributed by atoms with E-state index in [1.165, 1.54) is 51.5 Å². The lowest BCUT2D eigenvalue weighted by atomic mass is 9.96. The number of nitrogens with zero attached hydrogens (tertiary/aromatic N) is 1. The topological polar surface area (TPSA) is 29.3 Å². The Balaban J connectivity index is 2.77. The summed E-state index contributed by atoms with van der Waals surface area (Å²) in [5.41, 5.74) is 6.46. The summed E-state index contributed by atoms with van der Waals surface area (Å²) in [5.74, 6) is 0.737. The second kappa shape index (κ2) is 8.16. The molecular formula is C16H34N2. The molecule has 108 valence electrons. The average molecular weight is 254 g/mol. The predicted molar refractivity (Wildman–Crippen MR) is 80.8 cm³/mol. The van der Waals surface area contributed by atoms with Crippen molar-refractivity contribution < 1.29 is 0 Å². The van der Waals surface area contributed by atoms with Gasteiger partial charge in [0.05, 0.1) is 0 Å². The summed E-state index contributed by atoms with van der Waals surface area (Å²) in [7, 11) is 0. The maximum absolute atomic E-state index is 6.46. The quantitative estimate of drug-likeness (QED) is 0.731. The highest BCUT2D eigenvalue weighted by Crippen LogP contribution is 2.25. The summed E-state index contributed by atoms with van der Waals surface area (Å²) >= 11 is 0. The zero-order valence-electron chi connectivity index (χ0n) is 13.0. The predicted octanol–water partition coefficient (Wildman–Crippen LogP) is 3.79. The Morgan fingerprint density at radius 3 is 2.22 bits per heavy atom. The van der Waals surface area contributed by atoms with E-state index in [-0.39, 0.29) is 0 Å². The molecule has 0 aliphatic heterocycles. The fourth-order valence-electron chi connectivity index (χ4n) is 3.46. The van der Waals surface area contributed by atoms with Gasteiger partial charge < -0.3 is 5.73 Å². The van der Waals surface area contributed by atoms with Gasteiger partial charge in [-0.15, -0.1) is 0 Å². The van der Waals surface area contributed by atoms with Crippen molar-refractivity contribution in [3.8, 4) is 0 Å². The minimum Gasteiger partial charge on any atom is -0.326 e. The molecule has 0 heterocycles. The van der Waals surface area contributed by atoms with Crippen molar-refractivity contribution in [2.75, 3.05) is 6.54 Å². The van der Waals surface area contributed by atoms with Crippen molar-refractivity contribution in [1.29, 1.82) is 0 Å². The molecule has 2 atom stereocenters. The molecule has 0 spiro atoms. The van der Waals surface area contributed by atoms with Crippen LogP contribution < -0.4 is 5.73 Å². The van der Waals surface area contributed by atoms with Crippen LogP contribution in [0, 0.1) is 5.92 Å². The first kappa shape index (κ1) is 16.0. The van der Waals surface area contributed by atoms with Crippen molar-refractivity contribution >= 4 is 0 Å². The summed E-state index contributed by atoms with van der Waals surface area (Å²) in [6.07, 6.45) is 9.12. The zero-order valence-corrected chi connectivity index (χ0v) is 13.0. The van der Waals surface area contributed by atoms with Gasteiger partial charge in [0.15, 0.2) is 0 Å². The van der Waals surface area contributed by atoms with E-state index in [0.29, 0.717) is 12.1 Å². The van der Waals surface area contributed by atoms with Gasteiger partial charge in [-0.1, -0.05) is 47.0 Å². The number of hydrogen-bond acceptors (Lipinski definition) is 2. The molecule has 1 aliphatic carbocycles. The standard InChI is InChI=1S/C16H34N2/c1-5-14(6-2)18(12-13(3)4)16-11-9-7-8-10-15(16)17/h13-16H,5-12,17H2,1-4H3. The molecule has 0 radical (unpaired) electrons. The van der Waals surface area contributed by atoms with Gasteiger partial charge in [-0.2, -0.15) is 0 Å². The van der Waals surface area contributed by atoms with Crippen molar-refractivity contribution in [3.05, 3.63) is 0 Å². The maximum atomic E-state index is 6.46. The molecular weight excluding hydrogens is 220 g/mol. The first-order chi connectivity index (χ1) is 8.60. The van der Waals surface area contributed by atoms with E-state index in [4.69, 9.17) is 5.73 Å². The largest absolute Gasteiger partial charge is 0.326 e. The monoisotopic (exact) mass is 254 g/mol. The summed E-state index contributed by atoms with van der Waals surface area (Å²) in [5, 5.41) is 0. The van der Waals surface area contributed by atoms with Crippen LogP contribution in [0.2, 0.25) is 0 Å². The van der Waals surface area contributed by atoms with Crippen LogP contribution in [-0.4, -0.2) is 29.6 Å². The first-order valence-electron chi connectivity index (χ1n) is 8.11. The van der Waals surface area contributed by atoms with Crippen LogP contribution >= 0.6 is 0 Å². The number of hydrogen-bond donors (Lipinski definition) is 1. The van der Waals surface area contributed by atoms with Crippen molar-refractivity contribution in [3.63, 3.8) is 0 Å². The molecule has 1 aliphatic rings. The van der Waals surface area contributed by atoms with Crippen LogP contribution in [0.1, 0.15) is 72.6 Å². The molecule has 18 heavy (non-hydrogen) atoms. The SMILES string of the molecule is CCC(CC)N(CC(C)C)C1CCCCCC1N. The summed E-state index contributed by atoms with van der Waals surface area (Å²) < 4.78 is 0. The van der Waals surface area contributed by atoms with Crippen molar-refractivity contribution in [2.24, 2.45) is 11.7 Å². The number of nitrogens with two attached hydrogens (primary N) is 1. The van der Waals surface area contributed by atoms with Gasteiger partial charge in [0.25, 0.3) is 0 Å². The third-order valence-corrected chi connectivity index (χ3v) is 4.45. The normalized spacial score (nSPS) is 26.0. The van der Waals surface area contributed by atoms with Gasteiger partial charge in [0.1, 0.15) is 0 Å². The fraction of sp³-hybridized carbons (Fsp3) is 1.00. The van der Waals surface area contributed by atoms with Gasteiger partial charge in [-0.25, -0.2) is 0 Å². The summed E-state index contributed by atoms with van der Waals surface area (Å²) in [6, 6.07) is 1.74. The van der Waals surface area contributed by atoms with E-state index >= 15 is 0 Å². The highest BCUT2D eigenvalue weighted by Gasteiger charge is 2.30. The summed E-state index contributed by atoms with van der Waals surface area (Å²) in [6.45, 7) is 10.5. The average Bonchev–Trinajstić information content (AvgIpc) is 2.53.